The van der Waals surface area contributed by atoms with Gasteiger partial charge in [-0.25, -0.2) is 0 Å². The molecule has 3 aliphatic carbocycles. The lowest BCUT2D eigenvalue weighted by Crippen LogP contribution is -2.60. The van der Waals surface area contributed by atoms with E-state index in [-0.39, 0.29) is 29.0 Å². The topological polar surface area (TPSA) is 57.2 Å². The molecule has 6 unspecified atom stereocenters. The van der Waals surface area contributed by atoms with E-state index < -0.39 is 24.1 Å². The minimum Gasteiger partial charge on any atom is -0.388 e. The summed E-state index contributed by atoms with van der Waals surface area (Å²) in [5, 5.41) is 11.6. The molecule has 4 aliphatic rings. The molecule has 9 atom stereocenters. The summed E-state index contributed by atoms with van der Waals surface area (Å²) < 4.78 is 26.9. The Bertz CT molecular complexity index is 1060. The van der Waals surface area contributed by atoms with Crippen LogP contribution >= 0.6 is 0 Å². The number of benzene rings is 2. The maximum absolute atomic E-state index is 11.6. The first-order valence-corrected chi connectivity index (χ1v) is 13.6. The monoisotopic (exact) mass is 492 g/mol. The van der Waals surface area contributed by atoms with Crippen LogP contribution in [0, 0.1) is 22.7 Å². The number of hydrogen-bond donors (Lipinski definition) is 1. The van der Waals surface area contributed by atoms with Crippen molar-refractivity contribution in [3.05, 3.63) is 71.8 Å². The Morgan fingerprint density at radius 3 is 1.92 bits per heavy atom. The highest BCUT2D eigenvalue weighted by molar-refractivity contribution is 5.20. The van der Waals surface area contributed by atoms with Gasteiger partial charge >= 0.3 is 0 Å². The number of hydrogen-bond acceptors (Lipinski definition) is 5. The Hall–Kier alpha value is -1.76. The van der Waals surface area contributed by atoms with Crippen LogP contribution in [0.25, 0.3) is 0 Å². The molecule has 6 rings (SSSR count). The van der Waals surface area contributed by atoms with Gasteiger partial charge in [0.25, 0.3) is 0 Å². The maximum atomic E-state index is 11.6. The lowest BCUT2D eigenvalue weighted by Gasteiger charge is -2.45. The van der Waals surface area contributed by atoms with Gasteiger partial charge in [-0.3, -0.25) is 0 Å². The normalized spacial score (nSPS) is 42.6. The van der Waals surface area contributed by atoms with Crippen molar-refractivity contribution in [1.29, 1.82) is 0 Å². The van der Waals surface area contributed by atoms with Gasteiger partial charge in [0.15, 0.2) is 5.79 Å². The molecule has 0 aromatic heterocycles. The van der Waals surface area contributed by atoms with E-state index in [1.165, 1.54) is 6.42 Å². The quantitative estimate of drug-likeness (QED) is 0.578. The summed E-state index contributed by atoms with van der Waals surface area (Å²) in [6.07, 6.45) is 0.957. The number of rotatable bonds is 6. The third-order valence-corrected chi connectivity index (χ3v) is 10.4. The summed E-state index contributed by atoms with van der Waals surface area (Å²) in [4.78, 5) is 0. The highest BCUT2D eigenvalue weighted by Crippen LogP contribution is 2.73. The van der Waals surface area contributed by atoms with Crippen LogP contribution in [0.15, 0.2) is 60.7 Å². The molecule has 0 amide bonds. The Kier molecular flexibility index (Phi) is 6.09. The molecule has 36 heavy (non-hydrogen) atoms. The second-order valence-corrected chi connectivity index (χ2v) is 12.3. The first-order chi connectivity index (χ1) is 17.3. The van der Waals surface area contributed by atoms with Gasteiger partial charge < -0.3 is 24.1 Å². The average molecular weight is 493 g/mol. The third kappa shape index (κ3) is 3.62. The van der Waals surface area contributed by atoms with E-state index in [1.54, 1.807) is 0 Å². The zero-order valence-electron chi connectivity index (χ0n) is 21.9. The van der Waals surface area contributed by atoms with Crippen molar-refractivity contribution in [1.82, 2.24) is 0 Å². The van der Waals surface area contributed by atoms with Gasteiger partial charge in [-0.15, -0.1) is 0 Å². The minimum atomic E-state index is -0.813. The smallest absolute Gasteiger partial charge is 0.175 e. The summed E-state index contributed by atoms with van der Waals surface area (Å²) >= 11 is 0. The van der Waals surface area contributed by atoms with Crippen molar-refractivity contribution < 1.29 is 24.1 Å². The molecule has 1 spiro atoms. The first-order valence-electron chi connectivity index (χ1n) is 13.6. The lowest BCUT2D eigenvalue weighted by molar-refractivity contribution is -0.257. The van der Waals surface area contributed by atoms with Crippen LogP contribution in [0.1, 0.15) is 58.1 Å². The van der Waals surface area contributed by atoms with Crippen LogP contribution in [-0.2, 0) is 32.2 Å². The molecule has 2 aromatic carbocycles. The molecule has 3 saturated carbocycles. The Labute approximate surface area is 215 Å². The second kappa shape index (κ2) is 8.92. The molecule has 1 saturated heterocycles. The fourth-order valence-electron chi connectivity index (χ4n) is 7.66. The molecule has 194 valence electrons. The average Bonchev–Trinajstić information content (AvgIpc) is 3.42. The highest BCUT2D eigenvalue weighted by atomic mass is 16.8. The largest absolute Gasteiger partial charge is 0.388 e. The predicted octanol–water partition coefficient (Wildman–Crippen LogP) is 5.49. The molecule has 5 heteroatoms. The zero-order valence-corrected chi connectivity index (χ0v) is 21.9. The van der Waals surface area contributed by atoms with Crippen LogP contribution in [0.5, 0.6) is 0 Å². The fraction of sp³-hybridized carbons (Fsp3) is 0.613. The minimum absolute atomic E-state index is 0.0319. The van der Waals surface area contributed by atoms with E-state index >= 15 is 0 Å². The van der Waals surface area contributed by atoms with Gasteiger partial charge in [0.05, 0.1) is 25.4 Å². The highest BCUT2D eigenvalue weighted by Gasteiger charge is 2.75. The molecule has 0 radical (unpaired) electrons. The van der Waals surface area contributed by atoms with Crippen molar-refractivity contribution in [3.8, 4) is 0 Å². The number of ether oxygens (including phenoxy) is 4. The number of fused-ring (bicyclic) bond motifs is 4. The molecule has 1 N–H and O–H groups in total. The summed E-state index contributed by atoms with van der Waals surface area (Å²) in [6, 6.07) is 20.2. The third-order valence-electron chi connectivity index (χ3n) is 10.4. The van der Waals surface area contributed by atoms with Gasteiger partial charge in [0, 0.05) is 17.8 Å². The lowest BCUT2D eigenvalue weighted by atomic mass is 9.68. The first kappa shape index (κ1) is 24.6. The van der Waals surface area contributed by atoms with Crippen molar-refractivity contribution in [2.45, 2.75) is 96.5 Å². The van der Waals surface area contributed by atoms with Crippen LogP contribution < -0.4 is 0 Å². The number of aliphatic hydroxyl groups is 1. The Balaban J connectivity index is 1.29. The second-order valence-electron chi connectivity index (χ2n) is 12.3. The summed E-state index contributed by atoms with van der Waals surface area (Å²) in [5.41, 5.74) is 2.23. The van der Waals surface area contributed by atoms with Crippen LogP contribution in [-0.4, -0.2) is 41.4 Å². The van der Waals surface area contributed by atoms with E-state index in [0.29, 0.717) is 19.1 Å². The molecule has 1 heterocycles. The van der Waals surface area contributed by atoms with Gasteiger partial charge in [0.1, 0.15) is 18.3 Å². The van der Waals surface area contributed by atoms with Gasteiger partial charge in [-0.2, -0.15) is 0 Å². The molecule has 2 aromatic rings. The maximum Gasteiger partial charge on any atom is 0.175 e. The van der Waals surface area contributed by atoms with E-state index in [4.69, 9.17) is 18.9 Å². The predicted molar refractivity (Wildman–Crippen MR) is 137 cm³/mol. The molecule has 4 fully saturated rings. The standard InChI is InChI=1S/C31H40O5/c1-20-25(33-18-21-11-7-5-8-12-21)24(32)27(34-19-22-13-9-6-10-14-22)28-26(20)35-31(36-28)17-23-15-16-30(31,4)29(23,2)3/h5-14,20,23-28,32H,15-19H2,1-4H3/t20-,23?,24?,25?,26?,27+,28-,30?,31?/m1/s1. The summed E-state index contributed by atoms with van der Waals surface area (Å²) in [6.45, 7) is 10.1. The van der Waals surface area contributed by atoms with Crippen LogP contribution in [0.4, 0.5) is 0 Å². The van der Waals surface area contributed by atoms with E-state index in [1.807, 2.05) is 48.5 Å². The van der Waals surface area contributed by atoms with E-state index in [9.17, 15) is 5.11 Å². The van der Waals surface area contributed by atoms with Gasteiger partial charge in [-0.05, 0) is 35.3 Å². The van der Waals surface area contributed by atoms with Crippen LogP contribution in [0.3, 0.4) is 0 Å². The van der Waals surface area contributed by atoms with Crippen molar-refractivity contribution >= 4 is 0 Å². The molecular weight excluding hydrogens is 452 g/mol. The van der Waals surface area contributed by atoms with Crippen molar-refractivity contribution in [2.24, 2.45) is 22.7 Å². The summed E-state index contributed by atoms with van der Waals surface area (Å²) in [7, 11) is 0. The van der Waals surface area contributed by atoms with Gasteiger partial charge in [-0.1, -0.05) is 88.4 Å². The number of aliphatic hydroxyl groups excluding tert-OH is 1. The van der Waals surface area contributed by atoms with Crippen molar-refractivity contribution in [2.75, 3.05) is 0 Å². The molecule has 2 bridgehead atoms. The SMILES string of the molecule is C[C@@H]1C(OCc2ccccc2)C(O)[C@H](OCc2ccccc2)[C@@H]2OC3(CC4CCC3(C)C4(C)C)OC12. The zero-order chi connectivity index (χ0) is 25.1. The van der Waals surface area contributed by atoms with Crippen molar-refractivity contribution in [3.63, 3.8) is 0 Å². The van der Waals surface area contributed by atoms with E-state index in [2.05, 4.69) is 39.8 Å². The Morgan fingerprint density at radius 1 is 0.833 bits per heavy atom. The summed E-state index contributed by atoms with van der Waals surface area (Å²) in [5.74, 6) is -0.0852. The van der Waals surface area contributed by atoms with Crippen LogP contribution in [0.2, 0.25) is 0 Å². The van der Waals surface area contributed by atoms with E-state index in [0.717, 1.165) is 24.0 Å². The molecule has 5 nitrogen and oxygen atoms in total. The Morgan fingerprint density at radius 2 is 1.39 bits per heavy atom. The molecular formula is C31H40O5. The van der Waals surface area contributed by atoms with Gasteiger partial charge in [0.2, 0.25) is 0 Å². The molecule has 1 aliphatic heterocycles. The fourth-order valence-corrected chi connectivity index (χ4v) is 7.66.